The summed E-state index contributed by atoms with van der Waals surface area (Å²) in [5.41, 5.74) is 1.83. The fourth-order valence-corrected chi connectivity index (χ4v) is 2.21. The Morgan fingerprint density at radius 2 is 2.40 bits per heavy atom. The van der Waals surface area contributed by atoms with Gasteiger partial charge in [0.05, 0.1) is 19.3 Å². The van der Waals surface area contributed by atoms with Gasteiger partial charge in [-0.2, -0.15) is 0 Å². The van der Waals surface area contributed by atoms with Crippen LogP contribution in [0.4, 0.5) is 5.69 Å². The Morgan fingerprint density at radius 1 is 1.55 bits per heavy atom. The second kappa shape index (κ2) is 7.38. The molecule has 0 radical (unpaired) electrons. The lowest BCUT2D eigenvalue weighted by Gasteiger charge is -2.29. The van der Waals surface area contributed by atoms with Crippen LogP contribution in [0.2, 0.25) is 0 Å². The van der Waals surface area contributed by atoms with Gasteiger partial charge in [-0.05, 0) is 31.5 Å². The summed E-state index contributed by atoms with van der Waals surface area (Å²) in [7, 11) is 0. The highest BCUT2D eigenvalue weighted by Gasteiger charge is 2.28. The lowest BCUT2D eigenvalue weighted by atomic mass is 10.1. The zero-order valence-electron chi connectivity index (χ0n) is 12.0. The molecule has 2 N–H and O–H groups in total. The Labute approximate surface area is 119 Å². The molecule has 1 aliphatic rings. The van der Waals surface area contributed by atoms with Crippen molar-refractivity contribution in [3.63, 3.8) is 0 Å². The number of nitrogens with one attached hydrogen (secondary N) is 2. The van der Waals surface area contributed by atoms with Crippen LogP contribution in [0.5, 0.6) is 0 Å². The molecule has 0 saturated carbocycles. The fourth-order valence-electron chi connectivity index (χ4n) is 2.21. The Balaban J connectivity index is 1.96. The van der Waals surface area contributed by atoms with Crippen LogP contribution >= 0.6 is 0 Å². The van der Waals surface area contributed by atoms with Crippen molar-refractivity contribution in [3.05, 3.63) is 29.8 Å². The van der Waals surface area contributed by atoms with E-state index in [1.54, 1.807) is 0 Å². The van der Waals surface area contributed by atoms with Gasteiger partial charge >= 0.3 is 0 Å². The van der Waals surface area contributed by atoms with Gasteiger partial charge in [-0.15, -0.1) is 0 Å². The number of rotatable bonds is 5. The average molecular weight is 278 g/mol. The molecule has 110 valence electrons. The molecule has 1 aromatic carbocycles. The molecule has 20 heavy (non-hydrogen) atoms. The number of carbonyl (C=O) groups is 1. The maximum absolute atomic E-state index is 12.2. The van der Waals surface area contributed by atoms with Crippen molar-refractivity contribution in [2.75, 3.05) is 25.1 Å². The molecule has 0 aromatic heterocycles. The summed E-state index contributed by atoms with van der Waals surface area (Å²) in [5, 5.41) is 6.10. The quantitative estimate of drug-likeness (QED) is 0.857. The number of ether oxygens (including phenoxy) is 2. The van der Waals surface area contributed by atoms with E-state index in [0.717, 1.165) is 11.3 Å². The molecule has 5 heteroatoms. The number of hydrogen-bond acceptors (Lipinski definition) is 4. The van der Waals surface area contributed by atoms with E-state index >= 15 is 0 Å². The van der Waals surface area contributed by atoms with E-state index in [-0.39, 0.29) is 18.1 Å². The minimum Gasteiger partial charge on any atom is -0.377 e. The number of hydrogen-bond donors (Lipinski definition) is 2. The van der Waals surface area contributed by atoms with Crippen LogP contribution in [0.15, 0.2) is 24.3 Å². The third-order valence-electron chi connectivity index (χ3n) is 3.27. The first-order valence-corrected chi connectivity index (χ1v) is 7.03. The van der Waals surface area contributed by atoms with Gasteiger partial charge in [-0.25, -0.2) is 0 Å². The van der Waals surface area contributed by atoms with Crippen LogP contribution in [0.1, 0.15) is 19.4 Å². The minimum atomic E-state index is -0.306. The first-order valence-electron chi connectivity index (χ1n) is 7.03. The lowest BCUT2D eigenvalue weighted by Crippen LogP contribution is -2.53. The second-order valence-electron chi connectivity index (χ2n) is 4.83. The fraction of sp³-hybridized carbons (Fsp3) is 0.533. The number of morpholine rings is 1. The molecule has 2 rings (SSSR count). The van der Waals surface area contributed by atoms with E-state index < -0.39 is 0 Å². The van der Waals surface area contributed by atoms with E-state index in [1.165, 1.54) is 0 Å². The molecular formula is C15H22N2O3. The smallest absolute Gasteiger partial charge is 0.244 e. The molecule has 0 aliphatic carbocycles. The maximum atomic E-state index is 12.2. The SMILES string of the molecule is CCOCc1cccc(NC(=O)[C@H]2NCCO[C@@H]2C)c1. The molecule has 1 saturated heterocycles. The Bertz CT molecular complexity index is 450. The van der Waals surface area contributed by atoms with E-state index in [4.69, 9.17) is 9.47 Å². The van der Waals surface area contributed by atoms with Gasteiger partial charge in [0.15, 0.2) is 0 Å². The van der Waals surface area contributed by atoms with Crippen molar-refractivity contribution in [2.24, 2.45) is 0 Å². The lowest BCUT2D eigenvalue weighted by molar-refractivity contribution is -0.123. The summed E-state index contributed by atoms with van der Waals surface area (Å²) in [4.78, 5) is 12.2. The molecule has 1 aromatic rings. The van der Waals surface area contributed by atoms with Crippen molar-refractivity contribution < 1.29 is 14.3 Å². The van der Waals surface area contributed by atoms with Crippen molar-refractivity contribution in [1.82, 2.24) is 5.32 Å². The molecule has 1 heterocycles. The van der Waals surface area contributed by atoms with Gasteiger partial charge in [0.25, 0.3) is 0 Å². The normalized spacial score (nSPS) is 22.5. The van der Waals surface area contributed by atoms with Crippen LogP contribution in [0.3, 0.4) is 0 Å². The zero-order valence-corrected chi connectivity index (χ0v) is 12.0. The zero-order chi connectivity index (χ0) is 14.4. The van der Waals surface area contributed by atoms with Gasteiger partial charge in [0.1, 0.15) is 6.04 Å². The Morgan fingerprint density at radius 3 is 3.15 bits per heavy atom. The molecule has 0 spiro atoms. The van der Waals surface area contributed by atoms with Crippen molar-refractivity contribution >= 4 is 11.6 Å². The highest BCUT2D eigenvalue weighted by atomic mass is 16.5. The minimum absolute atomic E-state index is 0.0641. The van der Waals surface area contributed by atoms with E-state index in [0.29, 0.717) is 26.4 Å². The van der Waals surface area contributed by atoms with E-state index in [1.807, 2.05) is 38.1 Å². The number of benzene rings is 1. The van der Waals surface area contributed by atoms with Gasteiger partial charge in [0, 0.05) is 18.8 Å². The molecule has 1 amide bonds. The first kappa shape index (κ1) is 15.0. The first-order chi connectivity index (χ1) is 9.70. The highest BCUT2D eigenvalue weighted by Crippen LogP contribution is 2.13. The average Bonchev–Trinajstić information content (AvgIpc) is 2.46. The van der Waals surface area contributed by atoms with Gasteiger partial charge in [0.2, 0.25) is 5.91 Å². The van der Waals surface area contributed by atoms with Crippen LogP contribution in [0, 0.1) is 0 Å². The predicted octanol–water partition coefficient (Wildman–Crippen LogP) is 1.54. The van der Waals surface area contributed by atoms with Crippen molar-refractivity contribution in [3.8, 4) is 0 Å². The predicted molar refractivity (Wildman–Crippen MR) is 77.6 cm³/mol. The molecule has 2 atom stereocenters. The third kappa shape index (κ3) is 4.03. The molecular weight excluding hydrogens is 256 g/mol. The topological polar surface area (TPSA) is 59.6 Å². The van der Waals surface area contributed by atoms with Gasteiger partial charge in [-0.3, -0.25) is 4.79 Å². The van der Waals surface area contributed by atoms with Gasteiger partial charge in [-0.1, -0.05) is 12.1 Å². The summed E-state index contributed by atoms with van der Waals surface area (Å²) in [6.45, 7) is 6.45. The number of carbonyl (C=O) groups excluding carboxylic acids is 1. The summed E-state index contributed by atoms with van der Waals surface area (Å²) in [6, 6.07) is 7.40. The van der Waals surface area contributed by atoms with Crippen LogP contribution in [0.25, 0.3) is 0 Å². The summed E-state index contributed by atoms with van der Waals surface area (Å²) < 4.78 is 10.9. The summed E-state index contributed by atoms with van der Waals surface area (Å²) >= 11 is 0. The largest absolute Gasteiger partial charge is 0.377 e. The molecule has 0 bridgehead atoms. The number of amides is 1. The molecule has 5 nitrogen and oxygen atoms in total. The monoisotopic (exact) mass is 278 g/mol. The van der Waals surface area contributed by atoms with E-state index in [9.17, 15) is 4.79 Å². The maximum Gasteiger partial charge on any atom is 0.244 e. The molecule has 0 unspecified atom stereocenters. The Hall–Kier alpha value is -1.43. The Kier molecular flexibility index (Phi) is 5.52. The summed E-state index contributed by atoms with van der Waals surface area (Å²) in [5.74, 6) is -0.0641. The summed E-state index contributed by atoms with van der Waals surface area (Å²) in [6.07, 6.45) is -0.115. The van der Waals surface area contributed by atoms with Crippen molar-refractivity contribution in [1.29, 1.82) is 0 Å². The van der Waals surface area contributed by atoms with Crippen LogP contribution in [-0.4, -0.2) is 37.8 Å². The van der Waals surface area contributed by atoms with Crippen molar-refractivity contribution in [2.45, 2.75) is 32.6 Å². The number of anilines is 1. The molecule has 1 fully saturated rings. The standard InChI is InChI=1S/C15H22N2O3/c1-3-19-10-12-5-4-6-13(9-12)17-15(18)14-11(2)20-8-7-16-14/h4-6,9,11,14,16H,3,7-8,10H2,1-2H3,(H,17,18)/t11-,14+/m1/s1. The van der Waals surface area contributed by atoms with E-state index in [2.05, 4.69) is 10.6 Å². The third-order valence-corrected chi connectivity index (χ3v) is 3.27. The van der Waals surface area contributed by atoms with Crippen LogP contribution < -0.4 is 10.6 Å². The second-order valence-corrected chi connectivity index (χ2v) is 4.83. The molecule has 1 aliphatic heterocycles. The highest BCUT2D eigenvalue weighted by molar-refractivity contribution is 5.95. The van der Waals surface area contributed by atoms with Gasteiger partial charge < -0.3 is 20.1 Å². The van der Waals surface area contributed by atoms with Crippen LogP contribution in [-0.2, 0) is 20.9 Å².